The second kappa shape index (κ2) is 12.1. The maximum absolute atomic E-state index is 13.8. The standard InChI is InChI=1S/C23H32F4O/c1-2-3-4-5-6-7-8-17-9-11-18(12-10-17)13-14-19-15-20(24)22(21(25)16-19)28-23(26)27/h4-5,15-18,23H,2-3,6-14H2,1H3/b5-4+/t17-,18-. The summed E-state index contributed by atoms with van der Waals surface area (Å²) in [5.74, 6) is -1.75. The molecule has 0 atom stereocenters. The summed E-state index contributed by atoms with van der Waals surface area (Å²) in [6.07, 6.45) is 16.9. The van der Waals surface area contributed by atoms with Gasteiger partial charge in [0.15, 0.2) is 17.4 Å². The van der Waals surface area contributed by atoms with Gasteiger partial charge in [-0.05, 0) is 61.6 Å². The van der Waals surface area contributed by atoms with Crippen molar-refractivity contribution in [2.45, 2.75) is 84.2 Å². The zero-order valence-corrected chi connectivity index (χ0v) is 16.7. The van der Waals surface area contributed by atoms with Crippen LogP contribution in [0.3, 0.4) is 0 Å². The Labute approximate surface area is 166 Å². The van der Waals surface area contributed by atoms with Crippen molar-refractivity contribution in [3.8, 4) is 5.75 Å². The summed E-state index contributed by atoms with van der Waals surface area (Å²) in [6, 6.07) is 2.22. The monoisotopic (exact) mass is 400 g/mol. The minimum Gasteiger partial charge on any atom is -0.429 e. The number of aryl methyl sites for hydroxylation is 1. The van der Waals surface area contributed by atoms with E-state index in [2.05, 4.69) is 23.8 Å². The largest absolute Gasteiger partial charge is 0.429 e. The molecule has 0 saturated heterocycles. The van der Waals surface area contributed by atoms with Crippen molar-refractivity contribution in [3.63, 3.8) is 0 Å². The average molecular weight is 401 g/mol. The van der Waals surface area contributed by atoms with Gasteiger partial charge in [0.2, 0.25) is 0 Å². The first-order valence-electron chi connectivity index (χ1n) is 10.6. The van der Waals surface area contributed by atoms with E-state index >= 15 is 0 Å². The van der Waals surface area contributed by atoms with Gasteiger partial charge in [-0.15, -0.1) is 0 Å². The van der Waals surface area contributed by atoms with Crippen LogP contribution in [0.5, 0.6) is 5.75 Å². The number of halogens is 4. The normalized spacial score (nSPS) is 20.2. The average Bonchev–Trinajstić information content (AvgIpc) is 2.66. The molecule has 0 amide bonds. The molecule has 0 radical (unpaired) electrons. The predicted molar refractivity (Wildman–Crippen MR) is 105 cm³/mol. The van der Waals surface area contributed by atoms with Gasteiger partial charge in [0.25, 0.3) is 0 Å². The first-order chi connectivity index (χ1) is 13.5. The summed E-state index contributed by atoms with van der Waals surface area (Å²) in [5, 5.41) is 0. The van der Waals surface area contributed by atoms with Gasteiger partial charge >= 0.3 is 6.61 Å². The quantitative estimate of drug-likeness (QED) is 0.209. The van der Waals surface area contributed by atoms with E-state index in [1.165, 1.54) is 44.9 Å². The minimum atomic E-state index is -3.24. The Hall–Kier alpha value is -1.52. The van der Waals surface area contributed by atoms with E-state index in [1.54, 1.807) is 0 Å². The lowest BCUT2D eigenvalue weighted by Gasteiger charge is -2.28. The summed E-state index contributed by atoms with van der Waals surface area (Å²) in [5.41, 5.74) is 0.498. The molecule has 0 bridgehead atoms. The second-order valence-corrected chi connectivity index (χ2v) is 7.88. The van der Waals surface area contributed by atoms with Gasteiger partial charge in [-0.3, -0.25) is 0 Å². The highest BCUT2D eigenvalue weighted by Gasteiger charge is 2.21. The predicted octanol–water partition coefficient (Wildman–Crippen LogP) is 7.83. The first kappa shape index (κ1) is 22.8. The molecule has 0 aliphatic heterocycles. The second-order valence-electron chi connectivity index (χ2n) is 7.88. The highest BCUT2D eigenvalue weighted by Crippen LogP contribution is 2.34. The van der Waals surface area contributed by atoms with Gasteiger partial charge < -0.3 is 4.74 Å². The summed E-state index contributed by atoms with van der Waals surface area (Å²) < 4.78 is 55.9. The highest BCUT2D eigenvalue weighted by molar-refractivity contribution is 5.31. The number of rotatable bonds is 11. The lowest BCUT2D eigenvalue weighted by Crippen LogP contribution is -2.15. The fourth-order valence-corrected chi connectivity index (χ4v) is 4.06. The van der Waals surface area contributed by atoms with E-state index < -0.39 is 24.0 Å². The number of allylic oxidation sites excluding steroid dienone is 2. The van der Waals surface area contributed by atoms with E-state index in [9.17, 15) is 17.6 Å². The molecule has 1 aromatic rings. The Morgan fingerprint density at radius 1 is 0.964 bits per heavy atom. The molecule has 1 aromatic carbocycles. The molecule has 5 heteroatoms. The van der Waals surface area contributed by atoms with E-state index in [-0.39, 0.29) is 0 Å². The summed E-state index contributed by atoms with van der Waals surface area (Å²) >= 11 is 0. The van der Waals surface area contributed by atoms with Crippen LogP contribution in [-0.2, 0) is 6.42 Å². The van der Waals surface area contributed by atoms with Crippen molar-refractivity contribution in [1.29, 1.82) is 0 Å². The molecule has 1 nitrogen and oxygen atoms in total. The molecular formula is C23H32F4O. The highest BCUT2D eigenvalue weighted by atomic mass is 19.3. The maximum Gasteiger partial charge on any atom is 0.387 e. The Balaban J connectivity index is 1.69. The van der Waals surface area contributed by atoms with E-state index in [0.717, 1.165) is 37.3 Å². The fourth-order valence-electron chi connectivity index (χ4n) is 4.06. The Morgan fingerprint density at radius 2 is 1.54 bits per heavy atom. The molecule has 0 unspecified atom stereocenters. The van der Waals surface area contributed by atoms with Crippen LogP contribution in [0, 0.1) is 23.5 Å². The molecule has 1 fully saturated rings. The Bertz CT molecular complexity index is 584. The first-order valence-corrected chi connectivity index (χ1v) is 10.6. The van der Waals surface area contributed by atoms with Gasteiger partial charge in [-0.1, -0.05) is 57.6 Å². The molecule has 1 aliphatic rings. The van der Waals surface area contributed by atoms with Gasteiger partial charge in [-0.2, -0.15) is 8.78 Å². The third-order valence-corrected chi connectivity index (χ3v) is 5.68. The molecule has 158 valence electrons. The number of hydrogen-bond acceptors (Lipinski definition) is 1. The van der Waals surface area contributed by atoms with Crippen molar-refractivity contribution in [2.24, 2.45) is 11.8 Å². The molecule has 0 spiro atoms. The van der Waals surface area contributed by atoms with Crippen LogP contribution in [0.25, 0.3) is 0 Å². The lowest BCUT2D eigenvalue weighted by atomic mass is 9.78. The molecule has 1 saturated carbocycles. The van der Waals surface area contributed by atoms with Gasteiger partial charge in [0.1, 0.15) is 0 Å². The summed E-state index contributed by atoms with van der Waals surface area (Å²) in [4.78, 5) is 0. The fraction of sp³-hybridized carbons (Fsp3) is 0.652. The van der Waals surface area contributed by atoms with Gasteiger partial charge in [0, 0.05) is 0 Å². The minimum absolute atomic E-state index is 0.498. The van der Waals surface area contributed by atoms with Crippen molar-refractivity contribution >= 4 is 0 Å². The number of benzene rings is 1. The lowest BCUT2D eigenvalue weighted by molar-refractivity contribution is -0.0546. The van der Waals surface area contributed by atoms with E-state index in [4.69, 9.17) is 0 Å². The third-order valence-electron chi connectivity index (χ3n) is 5.68. The van der Waals surface area contributed by atoms with Crippen LogP contribution in [0.2, 0.25) is 0 Å². The molecule has 0 aromatic heterocycles. The summed E-state index contributed by atoms with van der Waals surface area (Å²) in [6.45, 7) is -1.05. The van der Waals surface area contributed by atoms with Crippen LogP contribution in [0.15, 0.2) is 24.3 Å². The Morgan fingerprint density at radius 3 is 2.11 bits per heavy atom. The molecule has 0 heterocycles. The molecular weight excluding hydrogens is 368 g/mol. The van der Waals surface area contributed by atoms with Crippen molar-refractivity contribution in [1.82, 2.24) is 0 Å². The van der Waals surface area contributed by atoms with Gasteiger partial charge in [-0.25, -0.2) is 8.78 Å². The number of unbranched alkanes of at least 4 members (excludes halogenated alkanes) is 2. The van der Waals surface area contributed by atoms with Crippen LogP contribution in [0.1, 0.15) is 76.7 Å². The smallest absolute Gasteiger partial charge is 0.387 e. The number of alkyl halides is 2. The third kappa shape index (κ3) is 7.84. The summed E-state index contributed by atoms with van der Waals surface area (Å²) in [7, 11) is 0. The molecule has 2 rings (SSSR count). The molecule has 0 N–H and O–H groups in total. The zero-order valence-electron chi connectivity index (χ0n) is 16.7. The topological polar surface area (TPSA) is 9.23 Å². The van der Waals surface area contributed by atoms with E-state index in [1.807, 2.05) is 0 Å². The Kier molecular flexibility index (Phi) is 9.86. The number of hydrogen-bond donors (Lipinski definition) is 0. The van der Waals surface area contributed by atoms with E-state index in [0.29, 0.717) is 17.9 Å². The van der Waals surface area contributed by atoms with Gasteiger partial charge in [0.05, 0.1) is 0 Å². The molecule has 1 aliphatic carbocycles. The molecule has 28 heavy (non-hydrogen) atoms. The van der Waals surface area contributed by atoms with Crippen molar-refractivity contribution in [2.75, 3.05) is 0 Å². The zero-order chi connectivity index (χ0) is 20.4. The van der Waals surface area contributed by atoms with Crippen molar-refractivity contribution in [3.05, 3.63) is 41.5 Å². The van der Waals surface area contributed by atoms with Crippen LogP contribution in [0.4, 0.5) is 17.6 Å². The van der Waals surface area contributed by atoms with Crippen LogP contribution in [-0.4, -0.2) is 6.61 Å². The van der Waals surface area contributed by atoms with Crippen molar-refractivity contribution < 1.29 is 22.3 Å². The SMILES string of the molecule is CCC/C=C/CCC[C@H]1CC[C@H](CCc2cc(F)c(OC(F)F)c(F)c2)CC1. The maximum atomic E-state index is 13.8. The van der Waals surface area contributed by atoms with Crippen LogP contribution < -0.4 is 4.74 Å². The van der Waals surface area contributed by atoms with Crippen LogP contribution >= 0.6 is 0 Å². The number of ether oxygens (including phenoxy) is 1.